The van der Waals surface area contributed by atoms with Crippen LogP contribution in [0.3, 0.4) is 0 Å². The molecule has 3 rings (SSSR count). The first kappa shape index (κ1) is 11.2. The molecule has 0 unspecified atom stereocenters. The number of hydrogen-bond donors (Lipinski definition) is 1. The Kier molecular flexibility index (Phi) is 2.52. The topological polar surface area (TPSA) is 45.8 Å². The van der Waals surface area contributed by atoms with Crippen molar-refractivity contribution in [3.63, 3.8) is 0 Å². The van der Waals surface area contributed by atoms with E-state index in [2.05, 4.69) is 29.0 Å². The van der Waals surface area contributed by atoms with Gasteiger partial charge in [-0.15, -0.1) is 11.3 Å². The van der Waals surface area contributed by atoms with Gasteiger partial charge in [0.25, 0.3) is 5.56 Å². The van der Waals surface area contributed by atoms with Crippen LogP contribution in [-0.2, 0) is 0 Å². The Morgan fingerprint density at radius 2 is 2.11 bits per heavy atom. The van der Waals surface area contributed by atoms with E-state index < -0.39 is 0 Å². The van der Waals surface area contributed by atoms with E-state index in [-0.39, 0.29) is 5.56 Å². The number of hydrogen-bond acceptors (Lipinski definition) is 3. The lowest BCUT2D eigenvalue weighted by Gasteiger charge is -2.01. The number of H-pyrrole nitrogens is 1. The lowest BCUT2D eigenvalue weighted by molar-refractivity contribution is 1.06. The molecule has 2 heterocycles. The molecule has 0 aliphatic heterocycles. The number of aromatic amines is 1. The second-order valence-electron chi connectivity index (χ2n) is 4.35. The minimum absolute atomic E-state index is 0.0543. The van der Waals surface area contributed by atoms with E-state index in [1.165, 1.54) is 16.9 Å². The number of rotatable bonds is 1. The average molecular weight is 256 g/mol. The van der Waals surface area contributed by atoms with Crippen LogP contribution >= 0.6 is 11.3 Å². The molecule has 2 aromatic heterocycles. The van der Waals surface area contributed by atoms with Crippen LogP contribution in [0.5, 0.6) is 0 Å². The molecule has 0 aliphatic rings. The van der Waals surface area contributed by atoms with E-state index in [0.29, 0.717) is 10.5 Å². The molecule has 0 amide bonds. The Balaban J connectivity index is 2.34. The van der Waals surface area contributed by atoms with Crippen molar-refractivity contribution < 1.29 is 0 Å². The summed E-state index contributed by atoms with van der Waals surface area (Å²) in [6.45, 7) is 3.86. The number of aromatic nitrogens is 2. The van der Waals surface area contributed by atoms with E-state index in [9.17, 15) is 4.79 Å². The van der Waals surface area contributed by atoms with Gasteiger partial charge < -0.3 is 4.98 Å². The summed E-state index contributed by atoms with van der Waals surface area (Å²) in [5.41, 5.74) is 4.09. The number of benzene rings is 1. The van der Waals surface area contributed by atoms with Crippen molar-refractivity contribution in [1.82, 2.24) is 9.97 Å². The fourth-order valence-corrected chi connectivity index (χ4v) is 2.97. The molecular weight excluding hydrogens is 244 g/mol. The van der Waals surface area contributed by atoms with Gasteiger partial charge in [0, 0.05) is 10.9 Å². The summed E-state index contributed by atoms with van der Waals surface area (Å²) in [5.74, 6) is 0.653. The maximum Gasteiger partial charge on any atom is 0.268 e. The molecule has 18 heavy (non-hydrogen) atoms. The predicted octanol–water partition coefficient (Wildman–Crippen LogP) is 3.27. The molecule has 0 saturated carbocycles. The Bertz CT molecular complexity index is 786. The van der Waals surface area contributed by atoms with E-state index in [1.807, 2.05) is 17.5 Å². The molecule has 4 heteroatoms. The monoisotopic (exact) mass is 256 g/mol. The molecule has 3 aromatic rings. The van der Waals surface area contributed by atoms with Gasteiger partial charge in [-0.05, 0) is 19.4 Å². The molecule has 0 bridgehead atoms. The number of nitrogens with one attached hydrogen (secondary N) is 1. The molecule has 0 fully saturated rings. The van der Waals surface area contributed by atoms with Gasteiger partial charge in [-0.25, -0.2) is 4.98 Å². The SMILES string of the molecule is Cc1cccc(-c2csc3c(=O)[nH]c(C)nc23)c1. The Labute approximate surface area is 108 Å². The number of fused-ring (bicyclic) bond motifs is 1. The van der Waals surface area contributed by atoms with Crippen LogP contribution in [0.1, 0.15) is 11.4 Å². The first-order valence-corrected chi connectivity index (χ1v) is 6.58. The van der Waals surface area contributed by atoms with Gasteiger partial charge in [-0.2, -0.15) is 0 Å². The predicted molar refractivity (Wildman–Crippen MR) is 75.2 cm³/mol. The van der Waals surface area contributed by atoms with E-state index in [0.717, 1.165) is 16.6 Å². The van der Waals surface area contributed by atoms with Crippen molar-refractivity contribution in [3.8, 4) is 11.1 Å². The summed E-state index contributed by atoms with van der Waals surface area (Å²) >= 11 is 1.44. The summed E-state index contributed by atoms with van der Waals surface area (Å²) in [5, 5.41) is 2.00. The zero-order valence-electron chi connectivity index (χ0n) is 10.2. The van der Waals surface area contributed by atoms with Gasteiger partial charge in [-0.1, -0.05) is 29.8 Å². The van der Waals surface area contributed by atoms with Gasteiger partial charge >= 0.3 is 0 Å². The lowest BCUT2D eigenvalue weighted by atomic mass is 10.1. The average Bonchev–Trinajstić information content (AvgIpc) is 2.72. The van der Waals surface area contributed by atoms with Gasteiger partial charge in [0.1, 0.15) is 10.5 Å². The zero-order chi connectivity index (χ0) is 12.7. The van der Waals surface area contributed by atoms with Crippen molar-refractivity contribution in [2.75, 3.05) is 0 Å². The summed E-state index contributed by atoms with van der Waals surface area (Å²) < 4.78 is 0.692. The quantitative estimate of drug-likeness (QED) is 0.726. The number of aryl methyl sites for hydroxylation is 2. The van der Waals surface area contributed by atoms with Gasteiger partial charge in [0.05, 0.1) is 5.52 Å². The third-order valence-electron chi connectivity index (χ3n) is 2.87. The molecule has 0 atom stereocenters. The van der Waals surface area contributed by atoms with Crippen LogP contribution in [0.25, 0.3) is 21.3 Å². The maximum atomic E-state index is 11.8. The van der Waals surface area contributed by atoms with Gasteiger partial charge in [-0.3, -0.25) is 4.79 Å². The first-order valence-electron chi connectivity index (χ1n) is 5.70. The molecule has 1 N–H and O–H groups in total. The summed E-state index contributed by atoms with van der Waals surface area (Å²) in [6.07, 6.45) is 0. The third-order valence-corrected chi connectivity index (χ3v) is 3.84. The standard InChI is InChI=1S/C14H12N2OS/c1-8-4-3-5-10(6-8)11-7-18-13-12(11)15-9(2)16-14(13)17/h3-7H,1-2H3,(H,15,16,17). The maximum absolute atomic E-state index is 11.8. The van der Waals surface area contributed by atoms with Crippen LogP contribution in [0, 0.1) is 13.8 Å². The first-order chi connectivity index (χ1) is 8.65. The van der Waals surface area contributed by atoms with Crippen LogP contribution in [-0.4, -0.2) is 9.97 Å². The highest BCUT2D eigenvalue weighted by Gasteiger charge is 2.11. The fourth-order valence-electron chi connectivity index (χ4n) is 2.06. The highest BCUT2D eigenvalue weighted by atomic mass is 32.1. The molecule has 0 radical (unpaired) electrons. The smallest absolute Gasteiger partial charge is 0.268 e. The van der Waals surface area contributed by atoms with Gasteiger partial charge in [0.2, 0.25) is 0 Å². The number of thiophene rings is 1. The molecule has 0 spiro atoms. The van der Waals surface area contributed by atoms with Crippen molar-refractivity contribution in [2.24, 2.45) is 0 Å². The van der Waals surface area contributed by atoms with Crippen LogP contribution in [0.2, 0.25) is 0 Å². The van der Waals surface area contributed by atoms with E-state index in [4.69, 9.17) is 0 Å². The van der Waals surface area contributed by atoms with Crippen LogP contribution in [0.4, 0.5) is 0 Å². The molecule has 3 nitrogen and oxygen atoms in total. The Hall–Kier alpha value is -1.94. The third kappa shape index (κ3) is 1.75. The summed E-state index contributed by atoms with van der Waals surface area (Å²) in [7, 11) is 0. The molecule has 0 saturated heterocycles. The van der Waals surface area contributed by atoms with Crippen molar-refractivity contribution in [1.29, 1.82) is 0 Å². The minimum atomic E-state index is -0.0543. The molecule has 0 aliphatic carbocycles. The van der Waals surface area contributed by atoms with Crippen molar-refractivity contribution in [3.05, 3.63) is 51.4 Å². The lowest BCUT2D eigenvalue weighted by Crippen LogP contribution is -2.07. The molecular formula is C14H12N2OS. The fraction of sp³-hybridized carbons (Fsp3) is 0.143. The van der Waals surface area contributed by atoms with Crippen molar-refractivity contribution >= 4 is 21.6 Å². The highest BCUT2D eigenvalue weighted by Crippen LogP contribution is 2.31. The number of nitrogens with zero attached hydrogens (tertiary/aromatic N) is 1. The highest BCUT2D eigenvalue weighted by molar-refractivity contribution is 7.17. The normalized spacial score (nSPS) is 11.0. The van der Waals surface area contributed by atoms with Crippen molar-refractivity contribution in [2.45, 2.75) is 13.8 Å². The van der Waals surface area contributed by atoms with Gasteiger partial charge in [0.15, 0.2) is 0 Å². The Morgan fingerprint density at radius 3 is 2.89 bits per heavy atom. The second kappa shape index (κ2) is 4.07. The Morgan fingerprint density at radius 1 is 1.28 bits per heavy atom. The largest absolute Gasteiger partial charge is 0.310 e. The zero-order valence-corrected chi connectivity index (χ0v) is 11.0. The summed E-state index contributed by atoms with van der Waals surface area (Å²) in [6, 6.07) is 8.24. The molecule has 90 valence electrons. The second-order valence-corrected chi connectivity index (χ2v) is 5.23. The van der Waals surface area contributed by atoms with Crippen LogP contribution in [0.15, 0.2) is 34.4 Å². The summed E-state index contributed by atoms with van der Waals surface area (Å²) in [4.78, 5) is 19.0. The molecule has 1 aromatic carbocycles. The van der Waals surface area contributed by atoms with Crippen LogP contribution < -0.4 is 5.56 Å². The van der Waals surface area contributed by atoms with E-state index >= 15 is 0 Å². The van der Waals surface area contributed by atoms with E-state index in [1.54, 1.807) is 6.92 Å². The minimum Gasteiger partial charge on any atom is -0.310 e.